The van der Waals surface area contributed by atoms with Gasteiger partial charge in [-0.2, -0.15) is 0 Å². The van der Waals surface area contributed by atoms with Crippen LogP contribution in [0.25, 0.3) is 0 Å². The van der Waals surface area contributed by atoms with Crippen LogP contribution in [-0.4, -0.2) is 45.7 Å². The fourth-order valence-electron chi connectivity index (χ4n) is 2.99. The van der Waals surface area contributed by atoms with Gasteiger partial charge >= 0.3 is 0 Å². The number of nitrogens with one attached hydrogen (secondary N) is 1. The molecule has 3 nitrogen and oxygen atoms in total. The number of nitrogens with zero attached hydrogens (tertiary/aromatic N) is 2. The Bertz CT molecular complexity index is 428. The molecule has 0 saturated carbocycles. The van der Waals surface area contributed by atoms with Crippen LogP contribution in [0.15, 0.2) is 18.2 Å². The first-order valence-electron chi connectivity index (χ1n) is 7.43. The first kappa shape index (κ1) is 15.3. The molecular formula is C16H26FN3. The van der Waals surface area contributed by atoms with Crippen LogP contribution in [0.2, 0.25) is 0 Å². The second-order valence-electron chi connectivity index (χ2n) is 5.90. The number of hydrogen-bond donors (Lipinski definition) is 1. The number of piperidine rings is 1. The number of hydrogen-bond acceptors (Lipinski definition) is 3. The summed E-state index contributed by atoms with van der Waals surface area (Å²) >= 11 is 0. The normalized spacial score (nSPS) is 17.4. The maximum absolute atomic E-state index is 14.0. The standard InChI is InChI=1S/C16H26FN3/c1-18-11-14-15(17)5-4-6-16(14)20(3)12-13-7-9-19(2)10-8-13/h4-6,13,18H,7-12H2,1-3H3. The molecule has 0 aromatic heterocycles. The molecule has 1 fully saturated rings. The minimum atomic E-state index is -0.118. The molecule has 0 amide bonds. The zero-order valence-electron chi connectivity index (χ0n) is 12.8. The van der Waals surface area contributed by atoms with Gasteiger partial charge in [0.05, 0.1) is 0 Å². The van der Waals surface area contributed by atoms with Gasteiger partial charge in [0.2, 0.25) is 0 Å². The molecule has 1 heterocycles. The van der Waals surface area contributed by atoms with Crippen molar-refractivity contribution in [3.63, 3.8) is 0 Å². The van der Waals surface area contributed by atoms with Gasteiger partial charge in [-0.3, -0.25) is 0 Å². The van der Waals surface area contributed by atoms with E-state index in [0.717, 1.165) is 17.8 Å². The highest BCUT2D eigenvalue weighted by molar-refractivity contribution is 5.53. The van der Waals surface area contributed by atoms with Crippen molar-refractivity contribution in [1.82, 2.24) is 10.2 Å². The van der Waals surface area contributed by atoms with Gasteiger partial charge in [-0.15, -0.1) is 0 Å². The summed E-state index contributed by atoms with van der Waals surface area (Å²) in [5.74, 6) is 0.592. The Morgan fingerprint density at radius 3 is 2.70 bits per heavy atom. The molecule has 0 radical (unpaired) electrons. The van der Waals surface area contributed by atoms with Crippen LogP contribution < -0.4 is 10.2 Å². The molecule has 0 bridgehead atoms. The Hall–Kier alpha value is -1.13. The van der Waals surface area contributed by atoms with E-state index in [1.54, 1.807) is 12.1 Å². The molecule has 1 saturated heterocycles. The zero-order valence-corrected chi connectivity index (χ0v) is 12.8. The SMILES string of the molecule is CNCc1c(F)cccc1N(C)CC1CCN(C)CC1. The monoisotopic (exact) mass is 279 g/mol. The fraction of sp³-hybridized carbons (Fsp3) is 0.625. The van der Waals surface area contributed by atoms with Gasteiger partial charge in [-0.1, -0.05) is 6.07 Å². The predicted molar refractivity (Wildman–Crippen MR) is 82.7 cm³/mol. The third-order valence-corrected chi connectivity index (χ3v) is 4.23. The highest BCUT2D eigenvalue weighted by Gasteiger charge is 2.20. The summed E-state index contributed by atoms with van der Waals surface area (Å²) < 4.78 is 14.0. The zero-order chi connectivity index (χ0) is 14.5. The van der Waals surface area contributed by atoms with E-state index in [-0.39, 0.29) is 5.82 Å². The molecule has 0 atom stereocenters. The Labute approximate surface area is 121 Å². The van der Waals surface area contributed by atoms with E-state index in [4.69, 9.17) is 0 Å². The van der Waals surface area contributed by atoms with E-state index < -0.39 is 0 Å². The average Bonchev–Trinajstić information content (AvgIpc) is 2.43. The Morgan fingerprint density at radius 1 is 1.35 bits per heavy atom. The van der Waals surface area contributed by atoms with Crippen molar-refractivity contribution in [2.45, 2.75) is 19.4 Å². The first-order chi connectivity index (χ1) is 9.61. The van der Waals surface area contributed by atoms with Crippen molar-refractivity contribution in [2.75, 3.05) is 45.7 Å². The van der Waals surface area contributed by atoms with Crippen molar-refractivity contribution in [2.24, 2.45) is 5.92 Å². The average molecular weight is 279 g/mol. The minimum Gasteiger partial charge on any atom is -0.374 e. The van der Waals surface area contributed by atoms with Crippen molar-refractivity contribution in [1.29, 1.82) is 0 Å². The van der Waals surface area contributed by atoms with Crippen molar-refractivity contribution in [3.05, 3.63) is 29.6 Å². The van der Waals surface area contributed by atoms with Crippen LogP contribution >= 0.6 is 0 Å². The number of anilines is 1. The Kier molecular flexibility index (Phi) is 5.38. The molecule has 1 aromatic rings. The lowest BCUT2D eigenvalue weighted by atomic mass is 9.96. The van der Waals surface area contributed by atoms with E-state index in [1.807, 2.05) is 13.1 Å². The van der Waals surface area contributed by atoms with Crippen LogP contribution in [0.5, 0.6) is 0 Å². The van der Waals surface area contributed by atoms with E-state index in [9.17, 15) is 4.39 Å². The summed E-state index contributed by atoms with van der Waals surface area (Å²) in [5, 5.41) is 3.06. The molecule has 0 unspecified atom stereocenters. The quantitative estimate of drug-likeness (QED) is 0.892. The maximum atomic E-state index is 14.0. The van der Waals surface area contributed by atoms with Crippen LogP contribution in [0.1, 0.15) is 18.4 Å². The lowest BCUT2D eigenvalue weighted by Gasteiger charge is -2.33. The molecule has 4 heteroatoms. The van der Waals surface area contributed by atoms with Gasteiger partial charge < -0.3 is 15.1 Å². The summed E-state index contributed by atoms with van der Waals surface area (Å²) in [7, 11) is 6.11. The number of rotatable bonds is 5. The van der Waals surface area contributed by atoms with Gasteiger partial charge in [0.1, 0.15) is 5.82 Å². The Balaban J connectivity index is 2.05. The maximum Gasteiger partial charge on any atom is 0.129 e. The number of halogens is 1. The predicted octanol–water partition coefficient (Wildman–Crippen LogP) is 2.32. The van der Waals surface area contributed by atoms with Crippen LogP contribution in [-0.2, 0) is 6.54 Å². The largest absolute Gasteiger partial charge is 0.374 e. The molecule has 1 aliphatic heterocycles. The minimum absolute atomic E-state index is 0.118. The highest BCUT2D eigenvalue weighted by atomic mass is 19.1. The van der Waals surface area contributed by atoms with Crippen LogP contribution in [0.3, 0.4) is 0 Å². The Morgan fingerprint density at radius 2 is 2.05 bits per heavy atom. The summed E-state index contributed by atoms with van der Waals surface area (Å²) in [5.41, 5.74) is 1.78. The summed E-state index contributed by atoms with van der Waals surface area (Å²) in [4.78, 5) is 4.59. The number of benzene rings is 1. The molecule has 0 spiro atoms. The van der Waals surface area contributed by atoms with E-state index >= 15 is 0 Å². The summed E-state index contributed by atoms with van der Waals surface area (Å²) in [6, 6.07) is 5.36. The third kappa shape index (κ3) is 3.70. The first-order valence-corrected chi connectivity index (χ1v) is 7.43. The van der Waals surface area contributed by atoms with Gasteiger partial charge in [0, 0.05) is 31.4 Å². The van der Waals surface area contributed by atoms with Crippen molar-refractivity contribution < 1.29 is 4.39 Å². The molecular weight excluding hydrogens is 253 g/mol. The van der Waals surface area contributed by atoms with Crippen LogP contribution in [0, 0.1) is 11.7 Å². The van der Waals surface area contributed by atoms with Gasteiger partial charge in [-0.05, 0) is 58.1 Å². The second kappa shape index (κ2) is 7.04. The molecule has 0 aliphatic carbocycles. The molecule has 1 N–H and O–H groups in total. The third-order valence-electron chi connectivity index (χ3n) is 4.23. The molecule has 112 valence electrons. The molecule has 1 aromatic carbocycles. The van der Waals surface area contributed by atoms with E-state index in [0.29, 0.717) is 12.5 Å². The van der Waals surface area contributed by atoms with Gasteiger partial charge in [0.15, 0.2) is 0 Å². The van der Waals surface area contributed by atoms with Crippen molar-refractivity contribution in [3.8, 4) is 0 Å². The molecule has 2 rings (SSSR count). The topological polar surface area (TPSA) is 18.5 Å². The number of likely N-dealkylation sites (tertiary alicyclic amines) is 1. The van der Waals surface area contributed by atoms with Gasteiger partial charge in [-0.25, -0.2) is 4.39 Å². The highest BCUT2D eigenvalue weighted by Crippen LogP contribution is 2.25. The summed E-state index contributed by atoms with van der Waals surface area (Å²) in [6.07, 6.45) is 2.47. The molecule has 1 aliphatic rings. The van der Waals surface area contributed by atoms with Crippen LogP contribution in [0.4, 0.5) is 10.1 Å². The second-order valence-corrected chi connectivity index (χ2v) is 5.90. The van der Waals surface area contributed by atoms with E-state index in [2.05, 4.69) is 29.2 Å². The smallest absolute Gasteiger partial charge is 0.129 e. The lowest BCUT2D eigenvalue weighted by molar-refractivity contribution is 0.222. The fourth-order valence-corrected chi connectivity index (χ4v) is 2.99. The molecule has 20 heavy (non-hydrogen) atoms. The van der Waals surface area contributed by atoms with Gasteiger partial charge in [0.25, 0.3) is 0 Å². The summed E-state index contributed by atoms with van der Waals surface area (Å²) in [6.45, 7) is 3.92. The van der Waals surface area contributed by atoms with E-state index in [1.165, 1.54) is 25.9 Å². The lowest BCUT2D eigenvalue weighted by Crippen LogP contribution is -2.36. The van der Waals surface area contributed by atoms with Crippen molar-refractivity contribution >= 4 is 5.69 Å².